The summed E-state index contributed by atoms with van der Waals surface area (Å²) in [5.41, 5.74) is -3.53. The lowest BCUT2D eigenvalue weighted by atomic mass is 9.92. The molecule has 0 aromatic heterocycles. The Labute approximate surface area is 96.8 Å². The molecule has 0 saturated heterocycles. The van der Waals surface area contributed by atoms with Crippen molar-refractivity contribution in [3.63, 3.8) is 0 Å². The van der Waals surface area contributed by atoms with Crippen LogP contribution >= 0.6 is 0 Å². The van der Waals surface area contributed by atoms with Crippen LogP contribution in [0.15, 0.2) is 30.3 Å². The summed E-state index contributed by atoms with van der Waals surface area (Å²) >= 11 is 0. The number of benzene rings is 1. The molecule has 0 saturated carbocycles. The second-order valence-corrected chi connectivity index (χ2v) is 3.43. The van der Waals surface area contributed by atoms with Crippen molar-refractivity contribution in [2.24, 2.45) is 0 Å². The van der Waals surface area contributed by atoms with Crippen LogP contribution in [0.2, 0.25) is 0 Å². The summed E-state index contributed by atoms with van der Waals surface area (Å²) < 4.78 is 48.1. The van der Waals surface area contributed by atoms with Crippen LogP contribution in [-0.4, -0.2) is 31.8 Å². The molecule has 0 aliphatic rings. The Morgan fingerprint density at radius 3 is 1.88 bits per heavy atom. The summed E-state index contributed by atoms with van der Waals surface area (Å²) in [5.74, 6) is 0. The van der Waals surface area contributed by atoms with Crippen molar-refractivity contribution in [1.29, 1.82) is 0 Å². The molecule has 17 heavy (non-hydrogen) atoms. The van der Waals surface area contributed by atoms with E-state index in [1.165, 1.54) is 24.3 Å². The van der Waals surface area contributed by atoms with Crippen LogP contribution in [0.5, 0.6) is 0 Å². The van der Waals surface area contributed by atoms with E-state index < -0.39 is 18.1 Å². The summed E-state index contributed by atoms with van der Waals surface area (Å²) in [6.45, 7) is 0. The number of halogens is 3. The molecule has 1 aromatic rings. The fourth-order valence-corrected chi connectivity index (χ4v) is 1.56. The van der Waals surface area contributed by atoms with Gasteiger partial charge in [0.25, 0.3) is 0 Å². The smallest absolute Gasteiger partial charge is 0.372 e. The number of hydrogen-bond donors (Lipinski definition) is 1. The van der Waals surface area contributed by atoms with E-state index in [9.17, 15) is 18.3 Å². The van der Waals surface area contributed by atoms with Gasteiger partial charge in [0.15, 0.2) is 6.29 Å². The van der Waals surface area contributed by atoms with Gasteiger partial charge in [-0.05, 0) is 5.56 Å². The molecule has 0 bridgehead atoms. The van der Waals surface area contributed by atoms with Gasteiger partial charge in [-0.1, -0.05) is 30.3 Å². The fourth-order valence-electron chi connectivity index (χ4n) is 1.56. The molecule has 1 unspecified atom stereocenters. The second kappa shape index (κ2) is 5.03. The summed E-state index contributed by atoms with van der Waals surface area (Å²) in [4.78, 5) is 0. The standard InChI is InChI=1S/C11H13F3O3/c1-16-9(17-2)10(15,11(12,13)14)8-6-4-3-5-7-8/h3-7,9,15H,1-2H3. The minimum Gasteiger partial charge on any atom is -0.372 e. The van der Waals surface area contributed by atoms with Crippen molar-refractivity contribution < 1.29 is 27.8 Å². The highest BCUT2D eigenvalue weighted by Gasteiger charge is 2.61. The Bertz CT molecular complexity index is 349. The highest BCUT2D eigenvalue weighted by atomic mass is 19.4. The maximum atomic E-state index is 13.0. The van der Waals surface area contributed by atoms with Gasteiger partial charge in [-0.25, -0.2) is 0 Å². The Balaban J connectivity index is 3.30. The number of ether oxygens (including phenoxy) is 2. The van der Waals surface area contributed by atoms with E-state index in [-0.39, 0.29) is 5.56 Å². The average molecular weight is 250 g/mol. The number of aliphatic hydroxyl groups is 1. The molecule has 1 atom stereocenters. The van der Waals surface area contributed by atoms with E-state index in [0.717, 1.165) is 14.2 Å². The first-order valence-corrected chi connectivity index (χ1v) is 4.78. The zero-order chi connectivity index (χ0) is 13.1. The van der Waals surface area contributed by atoms with Crippen LogP contribution in [-0.2, 0) is 15.1 Å². The molecule has 1 aromatic carbocycles. The van der Waals surface area contributed by atoms with Gasteiger partial charge in [0, 0.05) is 14.2 Å². The van der Waals surface area contributed by atoms with Crippen LogP contribution in [0.25, 0.3) is 0 Å². The van der Waals surface area contributed by atoms with Crippen LogP contribution in [0.4, 0.5) is 13.2 Å². The average Bonchev–Trinajstić information content (AvgIpc) is 2.30. The third-order valence-electron chi connectivity index (χ3n) is 2.42. The van der Waals surface area contributed by atoms with Crippen molar-refractivity contribution >= 4 is 0 Å². The van der Waals surface area contributed by atoms with Crippen molar-refractivity contribution in [3.8, 4) is 0 Å². The summed E-state index contributed by atoms with van der Waals surface area (Å²) in [6, 6.07) is 6.68. The molecule has 0 heterocycles. The topological polar surface area (TPSA) is 38.7 Å². The lowest BCUT2D eigenvalue weighted by Crippen LogP contribution is -2.53. The number of hydrogen-bond acceptors (Lipinski definition) is 3. The first-order valence-electron chi connectivity index (χ1n) is 4.78. The molecular weight excluding hydrogens is 237 g/mol. The third kappa shape index (κ3) is 2.43. The summed E-state index contributed by atoms with van der Waals surface area (Å²) in [5, 5.41) is 9.90. The normalized spacial score (nSPS) is 15.9. The molecule has 96 valence electrons. The molecule has 0 spiro atoms. The fraction of sp³-hybridized carbons (Fsp3) is 0.455. The molecule has 0 radical (unpaired) electrons. The van der Waals surface area contributed by atoms with E-state index >= 15 is 0 Å². The number of methoxy groups -OCH3 is 2. The van der Waals surface area contributed by atoms with E-state index in [4.69, 9.17) is 0 Å². The molecular formula is C11H13F3O3. The van der Waals surface area contributed by atoms with Gasteiger partial charge in [0.05, 0.1) is 0 Å². The molecule has 0 aliphatic carbocycles. The van der Waals surface area contributed by atoms with Gasteiger partial charge in [-0.2, -0.15) is 13.2 Å². The maximum Gasteiger partial charge on any atom is 0.426 e. The van der Waals surface area contributed by atoms with E-state index in [0.29, 0.717) is 0 Å². The number of alkyl halides is 3. The highest BCUT2D eigenvalue weighted by molar-refractivity contribution is 5.25. The SMILES string of the molecule is COC(OC)C(O)(c1ccccc1)C(F)(F)F. The molecule has 6 heteroatoms. The zero-order valence-electron chi connectivity index (χ0n) is 9.36. The Kier molecular flexibility index (Phi) is 4.13. The highest BCUT2D eigenvalue weighted by Crippen LogP contribution is 2.42. The maximum absolute atomic E-state index is 13.0. The minimum atomic E-state index is -4.91. The minimum absolute atomic E-state index is 0.332. The predicted molar refractivity (Wildman–Crippen MR) is 54.2 cm³/mol. The van der Waals surface area contributed by atoms with Gasteiger partial charge >= 0.3 is 6.18 Å². The van der Waals surface area contributed by atoms with Gasteiger partial charge in [0.2, 0.25) is 5.60 Å². The Hall–Kier alpha value is -1.11. The molecule has 0 fully saturated rings. The monoisotopic (exact) mass is 250 g/mol. The van der Waals surface area contributed by atoms with E-state index in [2.05, 4.69) is 9.47 Å². The van der Waals surface area contributed by atoms with E-state index in [1.54, 1.807) is 6.07 Å². The largest absolute Gasteiger partial charge is 0.426 e. The quantitative estimate of drug-likeness (QED) is 0.831. The van der Waals surface area contributed by atoms with Crippen molar-refractivity contribution in [2.45, 2.75) is 18.1 Å². The summed E-state index contributed by atoms with van der Waals surface area (Å²) in [6.07, 6.45) is -6.74. The molecule has 3 nitrogen and oxygen atoms in total. The Morgan fingerprint density at radius 1 is 1.06 bits per heavy atom. The van der Waals surface area contributed by atoms with E-state index in [1.807, 2.05) is 0 Å². The molecule has 1 rings (SSSR count). The van der Waals surface area contributed by atoms with Crippen LogP contribution in [0.3, 0.4) is 0 Å². The second-order valence-electron chi connectivity index (χ2n) is 3.43. The first kappa shape index (κ1) is 14.0. The Morgan fingerprint density at radius 2 is 1.53 bits per heavy atom. The van der Waals surface area contributed by atoms with Gasteiger partial charge < -0.3 is 14.6 Å². The zero-order valence-corrected chi connectivity index (χ0v) is 9.36. The lowest BCUT2D eigenvalue weighted by Gasteiger charge is -2.35. The molecule has 0 amide bonds. The van der Waals surface area contributed by atoms with Crippen molar-refractivity contribution in [1.82, 2.24) is 0 Å². The van der Waals surface area contributed by atoms with Crippen LogP contribution in [0, 0.1) is 0 Å². The third-order valence-corrected chi connectivity index (χ3v) is 2.42. The van der Waals surface area contributed by atoms with Gasteiger partial charge in [-0.3, -0.25) is 0 Å². The molecule has 1 N–H and O–H groups in total. The predicted octanol–water partition coefficient (Wildman–Crippen LogP) is 2.06. The summed E-state index contributed by atoms with van der Waals surface area (Å²) in [7, 11) is 2.07. The van der Waals surface area contributed by atoms with Gasteiger partial charge in [0.1, 0.15) is 0 Å². The number of rotatable bonds is 4. The first-order chi connectivity index (χ1) is 7.87. The van der Waals surface area contributed by atoms with Crippen LogP contribution < -0.4 is 0 Å². The van der Waals surface area contributed by atoms with Gasteiger partial charge in [-0.15, -0.1) is 0 Å². The molecule has 0 aliphatic heterocycles. The lowest BCUT2D eigenvalue weighted by molar-refractivity contribution is -0.343. The van der Waals surface area contributed by atoms with Crippen molar-refractivity contribution in [2.75, 3.05) is 14.2 Å². The van der Waals surface area contributed by atoms with Crippen molar-refractivity contribution in [3.05, 3.63) is 35.9 Å². The van der Waals surface area contributed by atoms with Crippen LogP contribution in [0.1, 0.15) is 5.56 Å².